The van der Waals surface area contributed by atoms with Crippen LogP contribution in [-0.2, 0) is 6.42 Å². The number of hydrogen-bond donors (Lipinski definition) is 1. The Balaban J connectivity index is 1.69. The molecule has 4 heteroatoms. The van der Waals surface area contributed by atoms with Crippen LogP contribution in [0.1, 0.15) is 27.5 Å². The highest BCUT2D eigenvalue weighted by Gasteiger charge is 2.26. The zero-order valence-electron chi connectivity index (χ0n) is 10.8. The minimum atomic E-state index is -0.0214. The molecule has 0 radical (unpaired) electrons. The molecule has 1 N–H and O–H groups in total. The molecule has 1 atom stereocenters. The Labute approximate surface area is 116 Å². The van der Waals surface area contributed by atoms with E-state index < -0.39 is 0 Å². The van der Waals surface area contributed by atoms with E-state index in [1.165, 1.54) is 0 Å². The molecule has 1 amide bonds. The zero-order valence-corrected chi connectivity index (χ0v) is 10.8. The fourth-order valence-electron chi connectivity index (χ4n) is 2.76. The van der Waals surface area contributed by atoms with E-state index in [9.17, 15) is 4.79 Å². The van der Waals surface area contributed by atoms with E-state index in [0.717, 1.165) is 34.6 Å². The van der Waals surface area contributed by atoms with Crippen molar-refractivity contribution in [3.05, 3.63) is 59.2 Å². The van der Waals surface area contributed by atoms with Crippen LogP contribution in [0.3, 0.4) is 0 Å². The van der Waals surface area contributed by atoms with Gasteiger partial charge < -0.3 is 14.8 Å². The van der Waals surface area contributed by atoms with Crippen molar-refractivity contribution in [3.63, 3.8) is 0 Å². The SMILES string of the molecule is O=C1N[C@H](c2ccc3c(c2)OCO3)Cc2ccccc21. The molecule has 0 spiro atoms. The quantitative estimate of drug-likeness (QED) is 0.863. The van der Waals surface area contributed by atoms with E-state index in [0.29, 0.717) is 0 Å². The van der Waals surface area contributed by atoms with Crippen LogP contribution in [0, 0.1) is 0 Å². The average Bonchev–Trinajstić information content (AvgIpc) is 2.94. The van der Waals surface area contributed by atoms with Crippen LogP contribution < -0.4 is 14.8 Å². The van der Waals surface area contributed by atoms with Gasteiger partial charge in [-0.1, -0.05) is 24.3 Å². The van der Waals surface area contributed by atoms with Crippen LogP contribution in [-0.4, -0.2) is 12.7 Å². The first-order valence-corrected chi connectivity index (χ1v) is 6.59. The molecule has 0 aliphatic carbocycles. The lowest BCUT2D eigenvalue weighted by Gasteiger charge is -2.26. The number of rotatable bonds is 1. The summed E-state index contributed by atoms with van der Waals surface area (Å²) in [6, 6.07) is 13.5. The standard InChI is InChI=1S/C16H13NO3/c18-16-12-4-2-1-3-10(12)7-13(17-16)11-5-6-14-15(8-11)20-9-19-14/h1-6,8,13H,7,9H2,(H,17,18)/t13-/m0/s1. The zero-order chi connectivity index (χ0) is 13.5. The van der Waals surface area contributed by atoms with Gasteiger partial charge in [0.1, 0.15) is 0 Å². The van der Waals surface area contributed by atoms with E-state index in [-0.39, 0.29) is 18.7 Å². The second-order valence-electron chi connectivity index (χ2n) is 5.00. The molecule has 4 nitrogen and oxygen atoms in total. The molecule has 2 heterocycles. The minimum Gasteiger partial charge on any atom is -0.454 e. The molecule has 2 aromatic carbocycles. The largest absolute Gasteiger partial charge is 0.454 e. The summed E-state index contributed by atoms with van der Waals surface area (Å²) in [5.74, 6) is 1.49. The van der Waals surface area contributed by atoms with Gasteiger partial charge in [-0.25, -0.2) is 0 Å². The first-order valence-electron chi connectivity index (χ1n) is 6.59. The first-order chi connectivity index (χ1) is 9.81. The smallest absolute Gasteiger partial charge is 0.252 e. The summed E-state index contributed by atoms with van der Waals surface area (Å²) in [5.41, 5.74) is 2.89. The van der Waals surface area contributed by atoms with E-state index >= 15 is 0 Å². The Morgan fingerprint density at radius 3 is 2.85 bits per heavy atom. The van der Waals surface area contributed by atoms with Crippen molar-refractivity contribution in [2.75, 3.05) is 6.79 Å². The van der Waals surface area contributed by atoms with Crippen LogP contribution in [0.25, 0.3) is 0 Å². The lowest BCUT2D eigenvalue weighted by Crippen LogP contribution is -2.35. The number of amides is 1. The van der Waals surface area contributed by atoms with Gasteiger partial charge in [-0.15, -0.1) is 0 Å². The summed E-state index contributed by atoms with van der Waals surface area (Å²) >= 11 is 0. The topological polar surface area (TPSA) is 47.6 Å². The second-order valence-corrected chi connectivity index (χ2v) is 5.00. The lowest BCUT2D eigenvalue weighted by atomic mass is 9.91. The molecular formula is C16H13NO3. The molecule has 0 fully saturated rings. The third-order valence-electron chi connectivity index (χ3n) is 3.79. The van der Waals surface area contributed by atoms with Crippen molar-refractivity contribution >= 4 is 5.91 Å². The van der Waals surface area contributed by atoms with Gasteiger partial charge in [0.05, 0.1) is 6.04 Å². The van der Waals surface area contributed by atoms with Gasteiger partial charge in [0.25, 0.3) is 5.91 Å². The van der Waals surface area contributed by atoms with Crippen LogP contribution in [0.15, 0.2) is 42.5 Å². The highest BCUT2D eigenvalue weighted by atomic mass is 16.7. The van der Waals surface area contributed by atoms with Crippen molar-refractivity contribution < 1.29 is 14.3 Å². The number of fused-ring (bicyclic) bond motifs is 2. The van der Waals surface area contributed by atoms with Crippen molar-refractivity contribution in [1.29, 1.82) is 0 Å². The lowest BCUT2D eigenvalue weighted by molar-refractivity contribution is 0.0925. The number of ether oxygens (including phenoxy) is 2. The summed E-state index contributed by atoms with van der Waals surface area (Å²) in [6.45, 7) is 0.263. The number of benzene rings is 2. The van der Waals surface area contributed by atoms with Gasteiger partial charge in [-0.05, 0) is 35.7 Å². The molecule has 20 heavy (non-hydrogen) atoms. The minimum absolute atomic E-state index is 0.0190. The highest BCUT2D eigenvalue weighted by molar-refractivity contribution is 5.97. The van der Waals surface area contributed by atoms with Crippen molar-refractivity contribution in [1.82, 2.24) is 5.32 Å². The van der Waals surface area contributed by atoms with Crippen molar-refractivity contribution in [3.8, 4) is 11.5 Å². The highest BCUT2D eigenvalue weighted by Crippen LogP contribution is 2.35. The van der Waals surface area contributed by atoms with E-state index in [1.54, 1.807) is 0 Å². The Morgan fingerprint density at radius 2 is 1.90 bits per heavy atom. The maximum Gasteiger partial charge on any atom is 0.252 e. The predicted octanol–water partition coefficient (Wildman–Crippen LogP) is 2.44. The van der Waals surface area contributed by atoms with E-state index in [4.69, 9.17) is 9.47 Å². The van der Waals surface area contributed by atoms with Gasteiger partial charge in [-0.2, -0.15) is 0 Å². The van der Waals surface area contributed by atoms with Gasteiger partial charge in [0.15, 0.2) is 11.5 Å². The Bertz CT molecular complexity index is 696. The van der Waals surface area contributed by atoms with Crippen LogP contribution in [0.2, 0.25) is 0 Å². The Hall–Kier alpha value is -2.49. The van der Waals surface area contributed by atoms with Gasteiger partial charge >= 0.3 is 0 Å². The number of hydrogen-bond acceptors (Lipinski definition) is 3. The molecule has 0 unspecified atom stereocenters. The summed E-state index contributed by atoms with van der Waals surface area (Å²) < 4.78 is 10.7. The van der Waals surface area contributed by atoms with Gasteiger partial charge in [0, 0.05) is 5.56 Å². The summed E-state index contributed by atoms with van der Waals surface area (Å²) in [6.07, 6.45) is 0.793. The fourth-order valence-corrected chi connectivity index (χ4v) is 2.76. The van der Waals surface area contributed by atoms with Gasteiger partial charge in [-0.3, -0.25) is 4.79 Å². The summed E-state index contributed by atoms with van der Waals surface area (Å²) in [5, 5.41) is 3.04. The van der Waals surface area contributed by atoms with E-state index in [2.05, 4.69) is 5.32 Å². The molecule has 2 aromatic rings. The Kier molecular flexibility index (Phi) is 2.42. The molecule has 0 saturated heterocycles. The number of carbonyl (C=O) groups excluding carboxylic acids is 1. The third-order valence-corrected chi connectivity index (χ3v) is 3.79. The fraction of sp³-hybridized carbons (Fsp3) is 0.188. The predicted molar refractivity (Wildman–Crippen MR) is 72.9 cm³/mol. The number of nitrogens with one attached hydrogen (secondary N) is 1. The average molecular weight is 267 g/mol. The second kappa shape index (κ2) is 4.27. The molecule has 0 aromatic heterocycles. The Morgan fingerprint density at radius 1 is 1.05 bits per heavy atom. The molecule has 2 aliphatic heterocycles. The molecular weight excluding hydrogens is 254 g/mol. The third kappa shape index (κ3) is 1.72. The summed E-state index contributed by atoms with van der Waals surface area (Å²) in [7, 11) is 0. The molecule has 0 bridgehead atoms. The maximum absolute atomic E-state index is 12.1. The normalized spacial score (nSPS) is 19.4. The first kappa shape index (κ1) is 11.3. The number of carbonyl (C=O) groups is 1. The molecule has 100 valence electrons. The maximum atomic E-state index is 12.1. The van der Waals surface area contributed by atoms with E-state index in [1.807, 2.05) is 42.5 Å². The molecule has 4 rings (SSSR count). The van der Waals surface area contributed by atoms with Gasteiger partial charge in [0.2, 0.25) is 6.79 Å². The van der Waals surface area contributed by atoms with Crippen molar-refractivity contribution in [2.24, 2.45) is 0 Å². The van der Waals surface area contributed by atoms with Crippen LogP contribution in [0.5, 0.6) is 11.5 Å². The summed E-state index contributed by atoms with van der Waals surface area (Å²) in [4.78, 5) is 12.1. The van der Waals surface area contributed by atoms with Crippen LogP contribution >= 0.6 is 0 Å². The molecule has 2 aliphatic rings. The monoisotopic (exact) mass is 267 g/mol. The molecule has 0 saturated carbocycles. The van der Waals surface area contributed by atoms with Crippen molar-refractivity contribution in [2.45, 2.75) is 12.5 Å². The van der Waals surface area contributed by atoms with Crippen LogP contribution in [0.4, 0.5) is 0 Å².